The molecule has 6 heteroatoms. The number of rotatable bonds is 5. The second kappa shape index (κ2) is 6.94. The number of thiophene rings is 1. The molecule has 0 saturated carbocycles. The van der Waals surface area contributed by atoms with Crippen LogP contribution in [0.25, 0.3) is 10.2 Å². The summed E-state index contributed by atoms with van der Waals surface area (Å²) in [4.78, 5) is 13.1. The molecule has 1 aliphatic heterocycles. The molecule has 0 aliphatic carbocycles. The number of hydrogen-bond donors (Lipinski definition) is 1. The molecule has 21 heavy (non-hydrogen) atoms. The first-order valence-electron chi connectivity index (χ1n) is 7.62. The van der Waals surface area contributed by atoms with E-state index in [9.17, 15) is 0 Å². The van der Waals surface area contributed by atoms with E-state index in [0.717, 1.165) is 53.3 Å². The highest BCUT2D eigenvalue weighted by atomic mass is 32.2. The van der Waals surface area contributed by atoms with Crippen molar-refractivity contribution in [1.29, 1.82) is 0 Å². The third kappa shape index (κ3) is 3.49. The van der Waals surface area contributed by atoms with Crippen LogP contribution in [0.1, 0.15) is 26.1 Å². The SMILES string of the molecule is CCNc1nc(CN2CCSC(CC)C2)nc2sccc12. The highest BCUT2D eigenvalue weighted by Gasteiger charge is 2.20. The summed E-state index contributed by atoms with van der Waals surface area (Å²) in [5.41, 5.74) is 0. The zero-order valence-corrected chi connectivity index (χ0v) is 14.3. The summed E-state index contributed by atoms with van der Waals surface area (Å²) in [7, 11) is 0. The van der Waals surface area contributed by atoms with Gasteiger partial charge in [-0.1, -0.05) is 6.92 Å². The highest BCUT2D eigenvalue weighted by Crippen LogP contribution is 2.26. The van der Waals surface area contributed by atoms with Crippen LogP contribution in [0.15, 0.2) is 11.4 Å². The Morgan fingerprint density at radius 2 is 2.29 bits per heavy atom. The zero-order valence-electron chi connectivity index (χ0n) is 12.6. The zero-order chi connectivity index (χ0) is 14.7. The van der Waals surface area contributed by atoms with Crippen molar-refractivity contribution in [1.82, 2.24) is 14.9 Å². The molecule has 0 bridgehead atoms. The van der Waals surface area contributed by atoms with Gasteiger partial charge in [-0.3, -0.25) is 4.90 Å². The Balaban J connectivity index is 1.79. The molecule has 2 aromatic rings. The predicted octanol–water partition coefficient (Wildman–Crippen LogP) is 3.45. The summed E-state index contributed by atoms with van der Waals surface area (Å²) in [5, 5.41) is 7.37. The van der Waals surface area contributed by atoms with Crippen molar-refractivity contribution in [3.63, 3.8) is 0 Å². The Kier molecular flexibility index (Phi) is 4.98. The Labute approximate surface area is 134 Å². The maximum absolute atomic E-state index is 4.74. The molecule has 0 amide bonds. The minimum atomic E-state index is 0.762. The fourth-order valence-electron chi connectivity index (χ4n) is 2.64. The molecule has 1 atom stereocenters. The highest BCUT2D eigenvalue weighted by molar-refractivity contribution is 8.00. The second-order valence-corrected chi connectivity index (χ2v) is 7.60. The van der Waals surface area contributed by atoms with Crippen LogP contribution >= 0.6 is 23.1 Å². The molecular weight excluding hydrogens is 300 g/mol. The topological polar surface area (TPSA) is 41.1 Å². The van der Waals surface area contributed by atoms with Crippen molar-refractivity contribution in [2.45, 2.75) is 32.1 Å². The summed E-state index contributed by atoms with van der Waals surface area (Å²) in [5.74, 6) is 3.15. The Morgan fingerprint density at radius 3 is 3.10 bits per heavy atom. The number of nitrogens with one attached hydrogen (secondary N) is 1. The van der Waals surface area contributed by atoms with Gasteiger partial charge < -0.3 is 5.32 Å². The molecule has 1 N–H and O–H groups in total. The smallest absolute Gasteiger partial charge is 0.146 e. The third-order valence-corrected chi connectivity index (χ3v) is 5.94. The molecule has 1 fully saturated rings. The van der Waals surface area contributed by atoms with Crippen molar-refractivity contribution >= 4 is 39.1 Å². The van der Waals surface area contributed by atoms with Gasteiger partial charge in [0.25, 0.3) is 0 Å². The molecule has 3 rings (SSSR count). The first-order chi connectivity index (χ1) is 10.3. The lowest BCUT2D eigenvalue weighted by atomic mass is 10.3. The fraction of sp³-hybridized carbons (Fsp3) is 0.600. The number of anilines is 1. The summed E-state index contributed by atoms with van der Waals surface area (Å²) < 4.78 is 0. The lowest BCUT2D eigenvalue weighted by molar-refractivity contribution is 0.267. The van der Waals surface area contributed by atoms with Crippen molar-refractivity contribution in [2.24, 2.45) is 0 Å². The van der Waals surface area contributed by atoms with Gasteiger partial charge in [-0.25, -0.2) is 9.97 Å². The van der Waals surface area contributed by atoms with Gasteiger partial charge >= 0.3 is 0 Å². The normalized spacial score (nSPS) is 20.0. The molecular formula is C15H22N4S2. The average Bonchev–Trinajstić information content (AvgIpc) is 2.96. The lowest BCUT2D eigenvalue weighted by Crippen LogP contribution is -2.37. The van der Waals surface area contributed by atoms with Crippen LogP contribution in [0.4, 0.5) is 5.82 Å². The maximum atomic E-state index is 4.74. The molecule has 0 aromatic carbocycles. The van der Waals surface area contributed by atoms with Gasteiger partial charge in [0.2, 0.25) is 0 Å². The van der Waals surface area contributed by atoms with E-state index in [4.69, 9.17) is 9.97 Å². The first kappa shape index (κ1) is 15.1. The Hall–Kier alpha value is -0.850. The van der Waals surface area contributed by atoms with Crippen LogP contribution in [0.2, 0.25) is 0 Å². The van der Waals surface area contributed by atoms with E-state index in [2.05, 4.69) is 47.3 Å². The van der Waals surface area contributed by atoms with E-state index >= 15 is 0 Å². The van der Waals surface area contributed by atoms with Crippen molar-refractivity contribution in [2.75, 3.05) is 30.7 Å². The van der Waals surface area contributed by atoms with Gasteiger partial charge in [-0.05, 0) is 24.8 Å². The fourth-order valence-corrected chi connectivity index (χ4v) is 4.68. The molecule has 1 unspecified atom stereocenters. The van der Waals surface area contributed by atoms with Crippen molar-refractivity contribution < 1.29 is 0 Å². The quantitative estimate of drug-likeness (QED) is 0.913. The van der Waals surface area contributed by atoms with Gasteiger partial charge in [-0.15, -0.1) is 11.3 Å². The van der Waals surface area contributed by atoms with E-state index in [-0.39, 0.29) is 0 Å². The Bertz CT molecular complexity index is 598. The minimum absolute atomic E-state index is 0.762. The largest absolute Gasteiger partial charge is 0.370 e. The molecule has 1 saturated heterocycles. The van der Waals surface area contributed by atoms with E-state index in [1.807, 2.05) is 0 Å². The number of nitrogens with zero attached hydrogens (tertiary/aromatic N) is 3. The number of aromatic nitrogens is 2. The summed E-state index contributed by atoms with van der Waals surface area (Å²) in [6.07, 6.45) is 1.24. The molecule has 0 spiro atoms. The van der Waals surface area contributed by atoms with Crippen LogP contribution in [0.3, 0.4) is 0 Å². The van der Waals surface area contributed by atoms with Gasteiger partial charge in [0, 0.05) is 30.6 Å². The summed E-state index contributed by atoms with van der Waals surface area (Å²) >= 11 is 3.79. The Morgan fingerprint density at radius 1 is 1.38 bits per heavy atom. The summed E-state index contributed by atoms with van der Waals surface area (Å²) in [6.45, 7) is 8.43. The number of fused-ring (bicyclic) bond motifs is 1. The van der Waals surface area contributed by atoms with Gasteiger partial charge in [0.05, 0.1) is 11.9 Å². The van der Waals surface area contributed by atoms with Crippen molar-refractivity contribution in [3.8, 4) is 0 Å². The van der Waals surface area contributed by atoms with Crippen LogP contribution in [-0.4, -0.2) is 45.5 Å². The van der Waals surface area contributed by atoms with Gasteiger partial charge in [0.1, 0.15) is 16.5 Å². The summed E-state index contributed by atoms with van der Waals surface area (Å²) in [6, 6.07) is 2.10. The predicted molar refractivity (Wildman–Crippen MR) is 93.4 cm³/mol. The average molecular weight is 323 g/mol. The van der Waals surface area contributed by atoms with Crippen LogP contribution in [0, 0.1) is 0 Å². The van der Waals surface area contributed by atoms with Crippen molar-refractivity contribution in [3.05, 3.63) is 17.3 Å². The third-order valence-electron chi connectivity index (χ3n) is 3.76. The van der Waals surface area contributed by atoms with Crippen LogP contribution < -0.4 is 5.32 Å². The molecule has 3 heterocycles. The minimum Gasteiger partial charge on any atom is -0.370 e. The lowest BCUT2D eigenvalue weighted by Gasteiger charge is -2.31. The molecule has 0 radical (unpaired) electrons. The molecule has 114 valence electrons. The van der Waals surface area contributed by atoms with E-state index < -0.39 is 0 Å². The van der Waals surface area contributed by atoms with Crippen LogP contribution in [-0.2, 0) is 6.54 Å². The molecule has 4 nitrogen and oxygen atoms in total. The molecule has 2 aromatic heterocycles. The second-order valence-electron chi connectivity index (χ2n) is 5.29. The van der Waals surface area contributed by atoms with E-state index in [1.54, 1.807) is 11.3 Å². The van der Waals surface area contributed by atoms with Crippen LogP contribution in [0.5, 0.6) is 0 Å². The monoisotopic (exact) mass is 322 g/mol. The van der Waals surface area contributed by atoms with E-state index in [0.29, 0.717) is 0 Å². The maximum Gasteiger partial charge on any atom is 0.146 e. The van der Waals surface area contributed by atoms with Gasteiger partial charge in [-0.2, -0.15) is 11.8 Å². The standard InChI is InChI=1S/C15H22N4S2/c1-3-11-9-19(6-8-20-11)10-13-17-14(16-4-2)12-5-7-21-15(12)18-13/h5,7,11H,3-4,6,8-10H2,1-2H3,(H,16,17,18). The first-order valence-corrected chi connectivity index (χ1v) is 9.55. The van der Waals surface area contributed by atoms with Gasteiger partial charge in [0.15, 0.2) is 0 Å². The number of thioether (sulfide) groups is 1. The molecule has 1 aliphatic rings. The van der Waals surface area contributed by atoms with E-state index in [1.165, 1.54) is 12.2 Å². The number of hydrogen-bond acceptors (Lipinski definition) is 6.